The van der Waals surface area contributed by atoms with Crippen LogP contribution in [0.3, 0.4) is 0 Å². The fraction of sp³-hybridized carbons (Fsp3) is 0.500. The van der Waals surface area contributed by atoms with Gasteiger partial charge in [0.25, 0.3) is 0 Å². The monoisotopic (exact) mass is 364 g/mol. The standard InChI is InChI=1S/C18H24N2O4S/c21-16(11-20-9-4-2-1-3-8-17(20)22)19-15-7-5-6-14(10-15)12-25-13-18(23)24/h5-7,10H,1-4,8-9,11-13H2,(H,19,21)(H,23,24). The Morgan fingerprint density at radius 1 is 1.20 bits per heavy atom. The number of likely N-dealkylation sites (tertiary alicyclic amines) is 1. The molecule has 7 heteroatoms. The summed E-state index contributed by atoms with van der Waals surface area (Å²) in [6.45, 7) is 0.717. The molecule has 6 nitrogen and oxygen atoms in total. The molecule has 136 valence electrons. The van der Waals surface area contributed by atoms with E-state index in [9.17, 15) is 14.4 Å². The van der Waals surface area contributed by atoms with Crippen molar-refractivity contribution in [3.63, 3.8) is 0 Å². The zero-order valence-electron chi connectivity index (χ0n) is 14.2. The average Bonchev–Trinajstić information content (AvgIpc) is 2.55. The molecule has 0 radical (unpaired) electrons. The van der Waals surface area contributed by atoms with E-state index in [1.807, 2.05) is 18.2 Å². The number of amides is 2. The average molecular weight is 364 g/mol. The summed E-state index contributed by atoms with van der Waals surface area (Å²) in [4.78, 5) is 36.5. The second-order valence-electron chi connectivity index (χ2n) is 6.11. The molecule has 1 aromatic rings. The lowest BCUT2D eigenvalue weighted by Gasteiger charge is -2.24. The Kier molecular flexibility index (Phi) is 7.78. The topological polar surface area (TPSA) is 86.7 Å². The molecule has 25 heavy (non-hydrogen) atoms. The van der Waals surface area contributed by atoms with Gasteiger partial charge in [-0.2, -0.15) is 0 Å². The van der Waals surface area contributed by atoms with Gasteiger partial charge in [0.2, 0.25) is 11.8 Å². The SMILES string of the molecule is O=C(O)CSCc1cccc(NC(=O)CN2CCCCCCC2=O)c1. The lowest BCUT2D eigenvalue weighted by molar-refractivity contribution is -0.135. The van der Waals surface area contributed by atoms with Gasteiger partial charge in [-0.15, -0.1) is 11.8 Å². The molecule has 0 aliphatic carbocycles. The molecule has 1 aliphatic rings. The number of benzene rings is 1. The fourth-order valence-corrected chi connectivity index (χ4v) is 3.44. The summed E-state index contributed by atoms with van der Waals surface area (Å²) in [6.07, 6.45) is 4.53. The maximum absolute atomic E-state index is 12.3. The van der Waals surface area contributed by atoms with Crippen molar-refractivity contribution in [2.45, 2.75) is 37.9 Å². The van der Waals surface area contributed by atoms with Crippen LogP contribution in [0.4, 0.5) is 5.69 Å². The molecule has 2 rings (SSSR count). The minimum atomic E-state index is -0.840. The number of carbonyl (C=O) groups is 3. The molecule has 1 aliphatic heterocycles. The van der Waals surface area contributed by atoms with Crippen LogP contribution in [-0.2, 0) is 20.1 Å². The number of rotatable bonds is 7. The van der Waals surface area contributed by atoms with Gasteiger partial charge in [-0.05, 0) is 30.5 Å². The van der Waals surface area contributed by atoms with Crippen molar-refractivity contribution in [1.29, 1.82) is 0 Å². The van der Waals surface area contributed by atoms with E-state index in [0.29, 0.717) is 24.4 Å². The molecule has 2 amide bonds. The Morgan fingerprint density at radius 3 is 2.80 bits per heavy atom. The van der Waals surface area contributed by atoms with Crippen LogP contribution in [0.2, 0.25) is 0 Å². The lowest BCUT2D eigenvalue weighted by Crippen LogP contribution is -2.39. The number of thioether (sulfide) groups is 1. The van der Waals surface area contributed by atoms with Crippen molar-refractivity contribution in [2.75, 3.05) is 24.2 Å². The van der Waals surface area contributed by atoms with E-state index in [2.05, 4.69) is 5.32 Å². The third-order valence-electron chi connectivity index (χ3n) is 3.96. The Bertz CT molecular complexity index is 621. The fourth-order valence-electron chi connectivity index (χ4n) is 2.75. The van der Waals surface area contributed by atoms with E-state index in [1.54, 1.807) is 11.0 Å². The van der Waals surface area contributed by atoms with Gasteiger partial charge >= 0.3 is 5.97 Å². The Hall–Kier alpha value is -2.02. The summed E-state index contributed by atoms with van der Waals surface area (Å²) in [5.41, 5.74) is 1.62. The zero-order chi connectivity index (χ0) is 18.1. The third kappa shape index (κ3) is 7.17. The first-order valence-electron chi connectivity index (χ1n) is 8.50. The van der Waals surface area contributed by atoms with E-state index in [0.717, 1.165) is 31.2 Å². The summed E-state index contributed by atoms with van der Waals surface area (Å²) in [5, 5.41) is 11.5. The number of carboxylic acids is 1. The van der Waals surface area contributed by atoms with Crippen molar-refractivity contribution in [3.8, 4) is 0 Å². The van der Waals surface area contributed by atoms with E-state index in [-0.39, 0.29) is 24.1 Å². The Morgan fingerprint density at radius 2 is 2.00 bits per heavy atom. The summed E-state index contributed by atoms with van der Waals surface area (Å²) < 4.78 is 0. The van der Waals surface area contributed by atoms with Crippen molar-refractivity contribution in [3.05, 3.63) is 29.8 Å². The van der Waals surface area contributed by atoms with Crippen LogP contribution in [0.15, 0.2) is 24.3 Å². The van der Waals surface area contributed by atoms with Crippen LogP contribution in [0.5, 0.6) is 0 Å². The van der Waals surface area contributed by atoms with Crippen LogP contribution in [0, 0.1) is 0 Å². The first-order chi connectivity index (χ1) is 12.0. The van der Waals surface area contributed by atoms with E-state index < -0.39 is 5.97 Å². The van der Waals surface area contributed by atoms with Gasteiger partial charge in [0.05, 0.1) is 12.3 Å². The first kappa shape index (κ1) is 19.3. The molecule has 0 atom stereocenters. The molecular formula is C18H24N2O4S. The van der Waals surface area contributed by atoms with Gasteiger partial charge in [-0.3, -0.25) is 14.4 Å². The molecular weight excluding hydrogens is 340 g/mol. The number of carboxylic acid groups (broad SMARTS) is 1. The van der Waals surface area contributed by atoms with E-state index in [1.165, 1.54) is 11.8 Å². The Balaban J connectivity index is 1.86. The maximum atomic E-state index is 12.3. The highest BCUT2D eigenvalue weighted by Crippen LogP contribution is 2.17. The van der Waals surface area contributed by atoms with Gasteiger partial charge in [0.1, 0.15) is 0 Å². The molecule has 0 aromatic heterocycles. The highest BCUT2D eigenvalue weighted by molar-refractivity contribution is 7.99. The molecule has 0 saturated carbocycles. The van der Waals surface area contributed by atoms with Crippen LogP contribution in [0.1, 0.15) is 37.7 Å². The number of anilines is 1. The number of hydrogen-bond donors (Lipinski definition) is 2. The quantitative estimate of drug-likeness (QED) is 0.777. The highest BCUT2D eigenvalue weighted by Gasteiger charge is 2.18. The zero-order valence-corrected chi connectivity index (χ0v) is 15.0. The second kappa shape index (κ2) is 10.1. The smallest absolute Gasteiger partial charge is 0.313 e. The summed E-state index contributed by atoms with van der Waals surface area (Å²) >= 11 is 1.31. The molecule has 0 unspecified atom stereocenters. The molecule has 1 aromatic carbocycles. The van der Waals surface area contributed by atoms with Crippen LogP contribution < -0.4 is 5.32 Å². The van der Waals surface area contributed by atoms with Crippen molar-refractivity contribution in [1.82, 2.24) is 4.90 Å². The van der Waals surface area contributed by atoms with Crippen LogP contribution in [-0.4, -0.2) is 46.6 Å². The van der Waals surface area contributed by atoms with Crippen molar-refractivity contribution < 1.29 is 19.5 Å². The molecule has 1 heterocycles. The minimum Gasteiger partial charge on any atom is -0.481 e. The molecule has 0 bridgehead atoms. The summed E-state index contributed by atoms with van der Waals surface area (Å²) in [6, 6.07) is 7.35. The number of nitrogens with zero attached hydrogens (tertiary/aromatic N) is 1. The van der Waals surface area contributed by atoms with Crippen LogP contribution in [0.25, 0.3) is 0 Å². The van der Waals surface area contributed by atoms with E-state index in [4.69, 9.17) is 5.11 Å². The molecule has 2 N–H and O–H groups in total. The lowest BCUT2D eigenvalue weighted by atomic mass is 10.1. The number of aliphatic carboxylic acids is 1. The Labute approximate surface area is 152 Å². The highest BCUT2D eigenvalue weighted by atomic mass is 32.2. The van der Waals surface area contributed by atoms with Gasteiger partial charge in [-0.1, -0.05) is 25.0 Å². The maximum Gasteiger partial charge on any atom is 0.313 e. The van der Waals surface area contributed by atoms with Gasteiger partial charge in [0.15, 0.2) is 0 Å². The predicted octanol–water partition coefficient (Wildman–Crippen LogP) is 2.74. The van der Waals surface area contributed by atoms with Gasteiger partial charge < -0.3 is 15.3 Å². The third-order valence-corrected chi connectivity index (χ3v) is 4.95. The number of hydrogen-bond acceptors (Lipinski definition) is 4. The van der Waals surface area contributed by atoms with Gasteiger partial charge in [-0.25, -0.2) is 0 Å². The van der Waals surface area contributed by atoms with E-state index >= 15 is 0 Å². The number of nitrogens with one attached hydrogen (secondary N) is 1. The minimum absolute atomic E-state index is 0.0493. The largest absolute Gasteiger partial charge is 0.481 e. The van der Waals surface area contributed by atoms with Crippen molar-refractivity contribution in [2.24, 2.45) is 0 Å². The van der Waals surface area contributed by atoms with Crippen molar-refractivity contribution >= 4 is 35.2 Å². The summed E-state index contributed by atoms with van der Waals surface area (Å²) in [5.74, 6) is -0.376. The second-order valence-corrected chi connectivity index (χ2v) is 7.10. The normalized spacial score (nSPS) is 15.4. The molecule has 0 spiro atoms. The van der Waals surface area contributed by atoms with Crippen LogP contribution >= 0.6 is 11.8 Å². The first-order valence-corrected chi connectivity index (χ1v) is 9.66. The van der Waals surface area contributed by atoms with Gasteiger partial charge in [0, 0.05) is 24.4 Å². The molecule has 1 fully saturated rings. The molecule has 1 saturated heterocycles. The number of carbonyl (C=O) groups excluding carboxylic acids is 2. The predicted molar refractivity (Wildman–Crippen MR) is 98.5 cm³/mol. The summed E-state index contributed by atoms with van der Waals surface area (Å²) in [7, 11) is 0.